The van der Waals surface area contributed by atoms with E-state index >= 15 is 0 Å². The number of likely N-dealkylation sites (tertiary alicyclic amines) is 1. The molecule has 1 aromatic rings. The number of carbonyl (C=O) groups excluding carboxylic acids is 2. The highest BCUT2D eigenvalue weighted by Crippen LogP contribution is 2.17. The average Bonchev–Trinajstić information content (AvgIpc) is 2.55. The maximum Gasteiger partial charge on any atom is 0.225 e. The third kappa shape index (κ3) is 4.63. The summed E-state index contributed by atoms with van der Waals surface area (Å²) in [6, 6.07) is 6.93. The van der Waals surface area contributed by atoms with Crippen LogP contribution in [0, 0.1) is 5.92 Å². The van der Waals surface area contributed by atoms with E-state index in [1.54, 1.807) is 36.1 Å². The zero-order chi connectivity index (χ0) is 16.8. The molecule has 0 aliphatic carbocycles. The Balaban J connectivity index is 1.92. The van der Waals surface area contributed by atoms with Gasteiger partial charge in [0.15, 0.2) is 5.78 Å². The predicted molar refractivity (Wildman–Crippen MR) is 86.6 cm³/mol. The van der Waals surface area contributed by atoms with Crippen molar-refractivity contribution in [2.24, 2.45) is 16.9 Å². The fraction of sp³-hybridized carbons (Fsp3) is 0.471. The van der Waals surface area contributed by atoms with E-state index < -0.39 is 6.10 Å². The minimum Gasteiger partial charge on any atom is -0.342 e. The van der Waals surface area contributed by atoms with Crippen molar-refractivity contribution in [2.45, 2.75) is 32.3 Å². The van der Waals surface area contributed by atoms with Gasteiger partial charge in [-0.2, -0.15) is 5.10 Å². The fourth-order valence-corrected chi connectivity index (χ4v) is 2.71. The lowest BCUT2D eigenvalue weighted by atomic mass is 9.97. The van der Waals surface area contributed by atoms with Gasteiger partial charge in [-0.1, -0.05) is 31.2 Å². The van der Waals surface area contributed by atoms with E-state index in [0.717, 1.165) is 5.56 Å². The molecule has 0 spiro atoms. The number of hydrazone groups is 1. The van der Waals surface area contributed by atoms with Crippen LogP contribution < -0.4 is 5.84 Å². The van der Waals surface area contributed by atoms with Crippen molar-refractivity contribution in [3.63, 3.8) is 0 Å². The molecule has 0 saturated carbocycles. The van der Waals surface area contributed by atoms with E-state index in [1.165, 1.54) is 6.21 Å². The number of rotatable bonds is 5. The van der Waals surface area contributed by atoms with Crippen LogP contribution in [0.25, 0.3) is 0 Å². The molecule has 1 aromatic carbocycles. The molecule has 6 heteroatoms. The molecule has 23 heavy (non-hydrogen) atoms. The van der Waals surface area contributed by atoms with Crippen molar-refractivity contribution in [1.29, 1.82) is 0 Å². The van der Waals surface area contributed by atoms with Crippen LogP contribution in [0.4, 0.5) is 0 Å². The summed E-state index contributed by atoms with van der Waals surface area (Å²) in [7, 11) is 0. The van der Waals surface area contributed by atoms with Crippen LogP contribution in [-0.4, -0.2) is 42.0 Å². The third-order valence-electron chi connectivity index (χ3n) is 4.12. The predicted octanol–water partition coefficient (Wildman–Crippen LogP) is 1.61. The summed E-state index contributed by atoms with van der Waals surface area (Å²) in [4.78, 5) is 26.3. The van der Waals surface area contributed by atoms with Gasteiger partial charge in [-0.25, -0.2) is 5.11 Å². The van der Waals surface area contributed by atoms with E-state index in [2.05, 4.69) is 5.10 Å². The molecule has 1 heterocycles. The number of ketones is 1. The van der Waals surface area contributed by atoms with Gasteiger partial charge in [-0.05, 0) is 18.4 Å². The second kappa shape index (κ2) is 7.87. The Morgan fingerprint density at radius 1 is 1.30 bits per heavy atom. The molecule has 2 N–H and O–H groups in total. The second-order valence-corrected chi connectivity index (χ2v) is 5.95. The Bertz CT molecular complexity index is 575. The van der Waals surface area contributed by atoms with Gasteiger partial charge < -0.3 is 10.7 Å². The van der Waals surface area contributed by atoms with Crippen molar-refractivity contribution in [3.8, 4) is 0 Å². The van der Waals surface area contributed by atoms with E-state index in [1.807, 2.05) is 0 Å². The van der Waals surface area contributed by atoms with Gasteiger partial charge in [0.25, 0.3) is 0 Å². The molecule has 0 aromatic heterocycles. The van der Waals surface area contributed by atoms with Crippen LogP contribution in [-0.2, 0) is 9.90 Å². The Hall–Kier alpha value is -2.21. The molecule has 1 atom stereocenters. The molecule has 6 nitrogen and oxygen atoms in total. The van der Waals surface area contributed by atoms with Crippen LogP contribution in [0.1, 0.15) is 42.1 Å². The van der Waals surface area contributed by atoms with Crippen LogP contribution in [0.15, 0.2) is 29.4 Å². The van der Waals surface area contributed by atoms with Gasteiger partial charge in [-0.3, -0.25) is 9.59 Å². The van der Waals surface area contributed by atoms with Gasteiger partial charge in [-0.15, -0.1) is 0 Å². The molecule has 1 radical (unpaired) electrons. The third-order valence-corrected chi connectivity index (χ3v) is 4.12. The summed E-state index contributed by atoms with van der Waals surface area (Å²) >= 11 is 0. The molecule has 1 saturated heterocycles. The van der Waals surface area contributed by atoms with Crippen molar-refractivity contribution < 1.29 is 14.7 Å². The number of carbonyl (C=O) groups is 2. The highest BCUT2D eigenvalue weighted by Gasteiger charge is 2.27. The molecule has 1 aliphatic heterocycles. The summed E-state index contributed by atoms with van der Waals surface area (Å²) in [5.74, 6) is 4.59. The quantitative estimate of drug-likeness (QED) is 0.387. The lowest BCUT2D eigenvalue weighted by molar-refractivity contribution is -0.137. The van der Waals surface area contributed by atoms with E-state index in [-0.39, 0.29) is 24.0 Å². The minimum atomic E-state index is -0.563. The SMILES string of the molecule is CC(CC(=O)c1ccc(C=NN)cc1)C(=O)N1CCC([O])CC1. The molecule has 123 valence electrons. The second-order valence-electron chi connectivity index (χ2n) is 5.95. The molecule has 0 bridgehead atoms. The number of piperidine rings is 1. The first-order valence-electron chi connectivity index (χ1n) is 7.82. The van der Waals surface area contributed by atoms with Crippen molar-refractivity contribution in [1.82, 2.24) is 4.90 Å². The molecule has 1 aliphatic rings. The molecule has 2 rings (SSSR count). The normalized spacial score (nSPS) is 17.4. The topological polar surface area (TPSA) is 95.7 Å². The highest BCUT2D eigenvalue weighted by molar-refractivity contribution is 5.99. The highest BCUT2D eigenvalue weighted by atomic mass is 16.3. The Morgan fingerprint density at radius 2 is 1.91 bits per heavy atom. The van der Waals surface area contributed by atoms with Gasteiger partial charge in [0.1, 0.15) is 0 Å². The number of hydrogen-bond donors (Lipinski definition) is 1. The van der Waals surface area contributed by atoms with Crippen molar-refractivity contribution >= 4 is 17.9 Å². The van der Waals surface area contributed by atoms with Gasteiger partial charge in [0, 0.05) is 31.0 Å². The summed E-state index contributed by atoms with van der Waals surface area (Å²) in [6.07, 6.45) is 2.10. The Morgan fingerprint density at radius 3 is 2.48 bits per heavy atom. The van der Waals surface area contributed by atoms with Gasteiger partial charge >= 0.3 is 0 Å². The summed E-state index contributed by atoms with van der Waals surface area (Å²) in [5.41, 5.74) is 1.38. The molecular weight excluding hydrogens is 294 g/mol. The molecule has 1 unspecified atom stereocenters. The summed E-state index contributed by atoms with van der Waals surface area (Å²) < 4.78 is 0. The minimum absolute atomic E-state index is 0.0443. The van der Waals surface area contributed by atoms with E-state index in [0.29, 0.717) is 31.5 Å². The van der Waals surface area contributed by atoms with Gasteiger partial charge in [0.2, 0.25) is 5.91 Å². The largest absolute Gasteiger partial charge is 0.342 e. The van der Waals surface area contributed by atoms with Crippen LogP contribution in [0.5, 0.6) is 0 Å². The number of hydrogen-bond acceptors (Lipinski definition) is 4. The maximum absolute atomic E-state index is 12.4. The van der Waals surface area contributed by atoms with Crippen molar-refractivity contribution in [3.05, 3.63) is 35.4 Å². The smallest absolute Gasteiger partial charge is 0.225 e. The number of benzene rings is 1. The molecular formula is C17H22N3O3. The summed E-state index contributed by atoms with van der Waals surface area (Å²) in [5, 5.41) is 14.7. The fourth-order valence-electron chi connectivity index (χ4n) is 2.71. The first-order valence-corrected chi connectivity index (χ1v) is 7.82. The lowest BCUT2D eigenvalue weighted by Gasteiger charge is -2.30. The van der Waals surface area contributed by atoms with Crippen molar-refractivity contribution in [2.75, 3.05) is 13.1 Å². The van der Waals surface area contributed by atoms with Crippen LogP contribution >= 0.6 is 0 Å². The first-order chi connectivity index (χ1) is 11.0. The van der Waals surface area contributed by atoms with E-state index in [9.17, 15) is 14.7 Å². The molecule has 1 amide bonds. The Labute approximate surface area is 136 Å². The van der Waals surface area contributed by atoms with Crippen LogP contribution in [0.3, 0.4) is 0 Å². The average molecular weight is 316 g/mol. The van der Waals surface area contributed by atoms with E-state index in [4.69, 9.17) is 5.84 Å². The molecule has 1 fully saturated rings. The Kier molecular flexibility index (Phi) is 5.87. The first kappa shape index (κ1) is 17.1. The zero-order valence-electron chi connectivity index (χ0n) is 13.3. The number of amides is 1. The standard InChI is InChI=1S/C17H22N3O3/c1-12(17(23)20-8-6-15(21)7-9-20)10-16(22)14-4-2-13(3-5-14)11-19-18/h2-5,11-12,15H,6-10,18H2,1H3. The number of Topliss-reactive ketones (excluding diaryl/α,β-unsaturated/α-hetero) is 1. The zero-order valence-corrected chi connectivity index (χ0v) is 13.3. The number of nitrogens with zero attached hydrogens (tertiary/aromatic N) is 2. The monoisotopic (exact) mass is 316 g/mol. The van der Waals surface area contributed by atoms with Crippen LogP contribution in [0.2, 0.25) is 0 Å². The lowest BCUT2D eigenvalue weighted by Crippen LogP contribution is -2.42. The summed E-state index contributed by atoms with van der Waals surface area (Å²) in [6.45, 7) is 2.76. The maximum atomic E-state index is 12.4. The number of nitrogens with two attached hydrogens (primary N) is 1. The van der Waals surface area contributed by atoms with Gasteiger partial charge in [0.05, 0.1) is 12.3 Å².